The fraction of sp³-hybridized carbons (Fsp3) is 0.185. The number of carbonyl (C=O) groups is 2. The van der Waals surface area contributed by atoms with Crippen LogP contribution in [0.2, 0.25) is 0 Å². The molecule has 1 N–H and O–H groups in total. The number of benzene rings is 3. The zero-order chi connectivity index (χ0) is 23.0. The summed E-state index contributed by atoms with van der Waals surface area (Å²) in [6.07, 6.45) is 0. The van der Waals surface area contributed by atoms with E-state index < -0.39 is 5.91 Å². The van der Waals surface area contributed by atoms with E-state index in [0.29, 0.717) is 22.6 Å². The summed E-state index contributed by atoms with van der Waals surface area (Å²) in [6, 6.07) is 19.0. The third kappa shape index (κ3) is 3.78. The van der Waals surface area contributed by atoms with Crippen LogP contribution in [-0.4, -0.2) is 18.9 Å². The van der Waals surface area contributed by atoms with Crippen molar-refractivity contribution >= 4 is 28.8 Å². The average molecular weight is 427 g/mol. The highest BCUT2D eigenvalue weighted by atomic mass is 16.5. The topological polar surface area (TPSA) is 58.6 Å². The number of nitrogens with one attached hydrogen (secondary N) is 1. The molecule has 1 aliphatic rings. The Bertz CT molecular complexity index is 1270. The fourth-order valence-corrected chi connectivity index (χ4v) is 3.87. The number of anilines is 2. The Morgan fingerprint density at radius 2 is 1.53 bits per heavy atom. The predicted octanol–water partition coefficient (Wildman–Crippen LogP) is 5.33. The molecule has 1 aliphatic heterocycles. The van der Waals surface area contributed by atoms with Crippen molar-refractivity contribution in [2.45, 2.75) is 27.7 Å². The molecule has 0 bridgehead atoms. The Morgan fingerprint density at radius 3 is 2.22 bits per heavy atom. The van der Waals surface area contributed by atoms with Gasteiger partial charge in [0, 0.05) is 5.69 Å². The predicted molar refractivity (Wildman–Crippen MR) is 128 cm³/mol. The van der Waals surface area contributed by atoms with Gasteiger partial charge in [-0.3, -0.25) is 9.59 Å². The van der Waals surface area contributed by atoms with Crippen molar-refractivity contribution in [2.24, 2.45) is 0 Å². The molecule has 3 aromatic carbocycles. The molecule has 5 nitrogen and oxygen atoms in total. The molecule has 0 radical (unpaired) electrons. The minimum Gasteiger partial charge on any atom is -0.495 e. The molecule has 2 amide bonds. The van der Waals surface area contributed by atoms with Gasteiger partial charge in [0.1, 0.15) is 11.4 Å². The van der Waals surface area contributed by atoms with E-state index >= 15 is 0 Å². The van der Waals surface area contributed by atoms with Crippen LogP contribution >= 0.6 is 0 Å². The van der Waals surface area contributed by atoms with Crippen LogP contribution < -0.4 is 15.0 Å². The van der Waals surface area contributed by atoms with Crippen molar-refractivity contribution in [1.29, 1.82) is 0 Å². The summed E-state index contributed by atoms with van der Waals surface area (Å²) in [5, 5.41) is 3.22. The van der Waals surface area contributed by atoms with Gasteiger partial charge in [0.15, 0.2) is 0 Å². The maximum absolute atomic E-state index is 13.7. The van der Waals surface area contributed by atoms with E-state index in [4.69, 9.17) is 4.74 Å². The first-order chi connectivity index (χ1) is 15.3. The molecule has 0 aromatic heterocycles. The molecule has 0 fully saturated rings. The van der Waals surface area contributed by atoms with E-state index in [1.807, 2.05) is 76.2 Å². The van der Waals surface area contributed by atoms with Gasteiger partial charge in [-0.1, -0.05) is 36.4 Å². The summed E-state index contributed by atoms with van der Waals surface area (Å²) in [7, 11) is 1.53. The van der Waals surface area contributed by atoms with Crippen molar-refractivity contribution < 1.29 is 14.3 Å². The van der Waals surface area contributed by atoms with E-state index in [1.165, 1.54) is 12.0 Å². The third-order valence-electron chi connectivity index (χ3n) is 5.74. The lowest BCUT2D eigenvalue weighted by Gasteiger charge is -2.19. The molecule has 0 atom stereocenters. The molecule has 0 spiro atoms. The summed E-state index contributed by atoms with van der Waals surface area (Å²) in [5.74, 6) is -0.320. The Kier molecular flexibility index (Phi) is 5.57. The maximum Gasteiger partial charge on any atom is 0.282 e. The third-order valence-corrected chi connectivity index (χ3v) is 5.74. The van der Waals surface area contributed by atoms with Crippen molar-refractivity contribution in [3.8, 4) is 5.75 Å². The standard InChI is InChI=1S/C27H26N2O3/c1-16-7-6-8-21(13-16)28-25-24(20-11-10-18(3)19(4)15-20)26(30)29(27(25)31)22-14-17(2)9-12-23(22)32-5/h6-15,28H,1-5H3. The molecule has 32 heavy (non-hydrogen) atoms. The minimum atomic E-state index is -0.409. The first-order valence-corrected chi connectivity index (χ1v) is 10.5. The largest absolute Gasteiger partial charge is 0.495 e. The summed E-state index contributed by atoms with van der Waals surface area (Å²) in [4.78, 5) is 28.6. The summed E-state index contributed by atoms with van der Waals surface area (Å²) < 4.78 is 5.47. The quantitative estimate of drug-likeness (QED) is 0.561. The van der Waals surface area contributed by atoms with Gasteiger partial charge in [-0.05, 0) is 79.8 Å². The van der Waals surface area contributed by atoms with Gasteiger partial charge in [0.25, 0.3) is 11.8 Å². The van der Waals surface area contributed by atoms with Crippen molar-refractivity contribution in [1.82, 2.24) is 0 Å². The van der Waals surface area contributed by atoms with Gasteiger partial charge in [0.2, 0.25) is 0 Å². The average Bonchev–Trinajstić information content (AvgIpc) is 2.99. The van der Waals surface area contributed by atoms with Crippen LogP contribution in [0.1, 0.15) is 27.8 Å². The van der Waals surface area contributed by atoms with Gasteiger partial charge in [0.05, 0.1) is 18.4 Å². The molecular weight excluding hydrogens is 400 g/mol. The lowest BCUT2D eigenvalue weighted by atomic mass is 9.99. The van der Waals surface area contributed by atoms with E-state index in [2.05, 4.69) is 5.32 Å². The van der Waals surface area contributed by atoms with Crippen LogP contribution in [0, 0.1) is 27.7 Å². The van der Waals surface area contributed by atoms with Crippen LogP contribution in [0.3, 0.4) is 0 Å². The molecule has 0 saturated carbocycles. The van der Waals surface area contributed by atoms with Gasteiger partial charge in [-0.2, -0.15) is 0 Å². The van der Waals surface area contributed by atoms with Crippen molar-refractivity contribution in [3.63, 3.8) is 0 Å². The molecular formula is C27H26N2O3. The lowest BCUT2D eigenvalue weighted by molar-refractivity contribution is -0.120. The van der Waals surface area contributed by atoms with Crippen LogP contribution in [0.25, 0.3) is 5.57 Å². The zero-order valence-corrected chi connectivity index (χ0v) is 18.9. The van der Waals surface area contributed by atoms with Crippen molar-refractivity contribution in [3.05, 3.63) is 94.2 Å². The van der Waals surface area contributed by atoms with Crippen LogP contribution in [-0.2, 0) is 9.59 Å². The van der Waals surface area contributed by atoms with Crippen LogP contribution in [0.15, 0.2) is 66.4 Å². The number of imide groups is 1. The number of hydrogen-bond acceptors (Lipinski definition) is 4. The monoisotopic (exact) mass is 426 g/mol. The van der Waals surface area contributed by atoms with Crippen LogP contribution in [0.4, 0.5) is 11.4 Å². The number of aryl methyl sites for hydroxylation is 4. The number of carbonyl (C=O) groups excluding carboxylic acids is 2. The number of methoxy groups -OCH3 is 1. The van der Waals surface area contributed by atoms with Gasteiger partial charge in [-0.15, -0.1) is 0 Å². The lowest BCUT2D eigenvalue weighted by Crippen LogP contribution is -2.32. The molecule has 0 unspecified atom stereocenters. The Balaban J connectivity index is 1.88. The van der Waals surface area contributed by atoms with Gasteiger partial charge in [-0.25, -0.2) is 4.90 Å². The first kappa shape index (κ1) is 21.4. The number of ether oxygens (including phenoxy) is 1. The highest BCUT2D eigenvalue weighted by Gasteiger charge is 2.41. The molecule has 3 aromatic rings. The number of amides is 2. The van der Waals surface area contributed by atoms with E-state index in [0.717, 1.165) is 27.9 Å². The highest BCUT2D eigenvalue weighted by Crippen LogP contribution is 2.38. The number of nitrogens with zero attached hydrogens (tertiary/aromatic N) is 1. The maximum atomic E-state index is 13.7. The molecule has 0 aliphatic carbocycles. The Hall–Kier alpha value is -3.86. The van der Waals surface area contributed by atoms with E-state index in [9.17, 15) is 9.59 Å². The number of hydrogen-bond donors (Lipinski definition) is 1. The molecule has 5 heteroatoms. The van der Waals surface area contributed by atoms with Crippen LogP contribution in [0.5, 0.6) is 5.75 Å². The van der Waals surface area contributed by atoms with Crippen molar-refractivity contribution in [2.75, 3.05) is 17.3 Å². The SMILES string of the molecule is COc1ccc(C)cc1N1C(=O)C(Nc2cccc(C)c2)=C(c2ccc(C)c(C)c2)C1=O. The molecule has 0 saturated heterocycles. The smallest absolute Gasteiger partial charge is 0.282 e. The summed E-state index contributed by atoms with van der Waals surface area (Å²) in [5.41, 5.74) is 6.65. The van der Waals surface area contributed by atoms with Gasteiger partial charge >= 0.3 is 0 Å². The first-order valence-electron chi connectivity index (χ1n) is 10.5. The van der Waals surface area contributed by atoms with E-state index in [1.54, 1.807) is 12.1 Å². The second-order valence-electron chi connectivity index (χ2n) is 8.16. The molecule has 1 heterocycles. The Morgan fingerprint density at radius 1 is 0.781 bits per heavy atom. The minimum absolute atomic E-state index is 0.257. The van der Waals surface area contributed by atoms with Gasteiger partial charge < -0.3 is 10.1 Å². The molecule has 162 valence electrons. The Labute approximate surface area is 188 Å². The fourth-order valence-electron chi connectivity index (χ4n) is 3.87. The molecule has 4 rings (SSSR count). The van der Waals surface area contributed by atoms with E-state index in [-0.39, 0.29) is 11.6 Å². The second-order valence-corrected chi connectivity index (χ2v) is 8.16. The number of rotatable bonds is 5. The zero-order valence-electron chi connectivity index (χ0n) is 18.9. The highest BCUT2D eigenvalue weighted by molar-refractivity contribution is 6.46. The second kappa shape index (κ2) is 8.35. The summed E-state index contributed by atoms with van der Waals surface area (Å²) in [6.45, 7) is 7.91. The normalized spacial score (nSPS) is 13.7. The summed E-state index contributed by atoms with van der Waals surface area (Å²) >= 11 is 0.